The van der Waals surface area contributed by atoms with Gasteiger partial charge < -0.3 is 15.8 Å². The minimum absolute atomic E-state index is 0.400. The molecule has 1 aromatic carbocycles. The molecule has 5 heteroatoms. The molecular weight excluding hydrogens is 272 g/mol. The Balaban J connectivity index is 2.39. The van der Waals surface area contributed by atoms with Crippen LogP contribution in [0.1, 0.15) is 36.0 Å². The molecule has 0 unspecified atom stereocenters. The van der Waals surface area contributed by atoms with Crippen molar-refractivity contribution in [3.63, 3.8) is 0 Å². The zero-order chi connectivity index (χ0) is 14.8. The van der Waals surface area contributed by atoms with Crippen molar-refractivity contribution in [2.45, 2.75) is 25.7 Å². The molecular formula is C15H24N2O2S. The molecule has 0 aliphatic rings. The zero-order valence-electron chi connectivity index (χ0n) is 12.3. The number of esters is 1. The molecule has 0 atom stereocenters. The number of nitrogens with one attached hydrogen (secondary N) is 1. The molecule has 0 heterocycles. The quantitative estimate of drug-likeness (QED) is 0.415. The topological polar surface area (TPSA) is 64.3 Å². The van der Waals surface area contributed by atoms with Crippen LogP contribution < -0.4 is 11.1 Å². The molecule has 3 N–H and O–H groups in total. The molecule has 0 aliphatic carbocycles. The van der Waals surface area contributed by atoms with Gasteiger partial charge in [-0.25, -0.2) is 4.79 Å². The van der Waals surface area contributed by atoms with Gasteiger partial charge in [0.2, 0.25) is 0 Å². The van der Waals surface area contributed by atoms with E-state index in [1.165, 1.54) is 32.1 Å². The molecule has 0 bridgehead atoms. The number of anilines is 2. The largest absolute Gasteiger partial charge is 0.465 e. The van der Waals surface area contributed by atoms with Gasteiger partial charge in [0.15, 0.2) is 0 Å². The number of nitrogens with two attached hydrogens (primary N) is 1. The highest BCUT2D eigenvalue weighted by molar-refractivity contribution is 7.98. The van der Waals surface area contributed by atoms with E-state index in [9.17, 15) is 4.79 Å². The summed E-state index contributed by atoms with van der Waals surface area (Å²) in [6.45, 7) is 0.869. The van der Waals surface area contributed by atoms with Crippen LogP contribution in [0.25, 0.3) is 0 Å². The number of hydrogen-bond donors (Lipinski definition) is 2. The maximum absolute atomic E-state index is 11.5. The molecule has 0 amide bonds. The van der Waals surface area contributed by atoms with E-state index < -0.39 is 5.97 Å². The van der Waals surface area contributed by atoms with Gasteiger partial charge in [-0.3, -0.25) is 0 Å². The molecule has 0 radical (unpaired) electrons. The lowest BCUT2D eigenvalue weighted by molar-refractivity contribution is 0.0602. The summed E-state index contributed by atoms with van der Waals surface area (Å²) in [5, 5.41) is 3.29. The first-order valence-corrected chi connectivity index (χ1v) is 8.29. The fourth-order valence-electron chi connectivity index (χ4n) is 1.96. The van der Waals surface area contributed by atoms with Crippen molar-refractivity contribution in [1.82, 2.24) is 0 Å². The number of thioether (sulfide) groups is 1. The Morgan fingerprint density at radius 3 is 2.75 bits per heavy atom. The van der Waals surface area contributed by atoms with Gasteiger partial charge in [0, 0.05) is 6.54 Å². The lowest BCUT2D eigenvalue weighted by Gasteiger charge is -2.11. The predicted molar refractivity (Wildman–Crippen MR) is 87.5 cm³/mol. The van der Waals surface area contributed by atoms with Crippen LogP contribution in [0.2, 0.25) is 0 Å². The number of hydrogen-bond acceptors (Lipinski definition) is 5. The molecule has 0 aliphatic heterocycles. The highest BCUT2D eigenvalue weighted by atomic mass is 32.2. The van der Waals surface area contributed by atoms with Crippen molar-refractivity contribution >= 4 is 29.1 Å². The third kappa shape index (κ3) is 5.33. The maximum Gasteiger partial charge on any atom is 0.340 e. The Morgan fingerprint density at radius 2 is 2.05 bits per heavy atom. The van der Waals surface area contributed by atoms with E-state index in [2.05, 4.69) is 11.6 Å². The Hall–Kier alpha value is -1.36. The first-order valence-electron chi connectivity index (χ1n) is 6.90. The van der Waals surface area contributed by atoms with Crippen LogP contribution in [0.3, 0.4) is 0 Å². The molecule has 1 rings (SSSR count). The Labute approximate surface area is 125 Å². The number of ether oxygens (including phenoxy) is 1. The predicted octanol–water partition coefficient (Wildman–Crippen LogP) is 3.39. The van der Waals surface area contributed by atoms with Crippen molar-refractivity contribution in [2.24, 2.45) is 0 Å². The minimum atomic E-state index is -0.400. The van der Waals surface area contributed by atoms with Crippen molar-refractivity contribution in [2.75, 3.05) is 36.7 Å². The van der Waals surface area contributed by atoms with Crippen molar-refractivity contribution in [3.8, 4) is 0 Å². The van der Waals surface area contributed by atoms with Crippen LogP contribution >= 0.6 is 11.8 Å². The number of carbonyl (C=O) groups excluding carboxylic acids is 1. The van der Waals surface area contributed by atoms with Gasteiger partial charge in [0.05, 0.1) is 24.0 Å². The van der Waals surface area contributed by atoms with Gasteiger partial charge >= 0.3 is 5.97 Å². The molecule has 0 fully saturated rings. The summed E-state index contributed by atoms with van der Waals surface area (Å²) in [6.07, 6.45) is 7.00. The second-order valence-electron chi connectivity index (χ2n) is 4.59. The summed E-state index contributed by atoms with van der Waals surface area (Å²) >= 11 is 1.89. The van der Waals surface area contributed by atoms with Crippen LogP contribution in [0, 0.1) is 0 Å². The van der Waals surface area contributed by atoms with Crippen LogP contribution in [0.15, 0.2) is 18.2 Å². The fourth-order valence-corrected chi connectivity index (χ4v) is 2.45. The van der Waals surface area contributed by atoms with Crippen LogP contribution in [-0.4, -0.2) is 31.6 Å². The van der Waals surface area contributed by atoms with E-state index in [0.29, 0.717) is 11.3 Å². The lowest BCUT2D eigenvalue weighted by atomic mass is 10.1. The van der Waals surface area contributed by atoms with Gasteiger partial charge in [0.1, 0.15) is 0 Å². The summed E-state index contributed by atoms with van der Waals surface area (Å²) in [5.41, 5.74) is 7.65. The van der Waals surface area contributed by atoms with E-state index >= 15 is 0 Å². The van der Waals surface area contributed by atoms with E-state index in [0.717, 1.165) is 18.7 Å². The normalized spacial score (nSPS) is 10.3. The van der Waals surface area contributed by atoms with Crippen molar-refractivity contribution in [3.05, 3.63) is 23.8 Å². The van der Waals surface area contributed by atoms with Crippen LogP contribution in [-0.2, 0) is 4.74 Å². The summed E-state index contributed by atoms with van der Waals surface area (Å²) in [5.74, 6) is 0.838. The third-order valence-corrected chi connectivity index (χ3v) is 3.80. The van der Waals surface area contributed by atoms with Crippen LogP contribution in [0.5, 0.6) is 0 Å². The number of carbonyl (C=O) groups is 1. The Kier molecular flexibility index (Phi) is 7.95. The fraction of sp³-hybridized carbons (Fsp3) is 0.533. The molecule has 0 saturated carbocycles. The van der Waals surface area contributed by atoms with Crippen molar-refractivity contribution in [1.29, 1.82) is 0 Å². The van der Waals surface area contributed by atoms with Gasteiger partial charge in [-0.15, -0.1) is 0 Å². The van der Waals surface area contributed by atoms with Gasteiger partial charge in [-0.05, 0) is 37.0 Å². The molecule has 0 aromatic heterocycles. The van der Waals surface area contributed by atoms with E-state index in [-0.39, 0.29) is 0 Å². The number of nitrogen functional groups attached to an aromatic ring is 1. The first-order chi connectivity index (χ1) is 9.70. The van der Waals surface area contributed by atoms with Gasteiger partial charge in [0.25, 0.3) is 0 Å². The summed E-state index contributed by atoms with van der Waals surface area (Å²) in [4.78, 5) is 11.5. The second-order valence-corrected chi connectivity index (χ2v) is 5.58. The standard InChI is InChI=1S/C15H24N2O2S/c1-19-15(18)12-8-7-9-13(14(12)16)17-10-5-3-4-6-11-20-2/h7-9,17H,3-6,10-11,16H2,1-2H3. The average molecular weight is 296 g/mol. The smallest absolute Gasteiger partial charge is 0.340 e. The van der Waals surface area contributed by atoms with E-state index in [1.807, 2.05) is 23.9 Å². The van der Waals surface area contributed by atoms with Gasteiger partial charge in [-0.1, -0.05) is 18.9 Å². The number of rotatable bonds is 9. The third-order valence-electron chi connectivity index (χ3n) is 3.10. The second kappa shape index (κ2) is 9.53. The molecule has 20 heavy (non-hydrogen) atoms. The highest BCUT2D eigenvalue weighted by Crippen LogP contribution is 2.23. The van der Waals surface area contributed by atoms with E-state index in [4.69, 9.17) is 10.5 Å². The van der Waals surface area contributed by atoms with E-state index in [1.54, 1.807) is 6.07 Å². The summed E-state index contributed by atoms with van der Waals surface area (Å²) < 4.78 is 4.70. The molecule has 0 saturated heterocycles. The number of para-hydroxylation sites is 1. The summed E-state index contributed by atoms with van der Waals surface area (Å²) in [7, 11) is 1.36. The van der Waals surface area contributed by atoms with Crippen molar-refractivity contribution < 1.29 is 9.53 Å². The first kappa shape index (κ1) is 16.7. The van der Waals surface area contributed by atoms with Gasteiger partial charge in [-0.2, -0.15) is 11.8 Å². The molecule has 1 aromatic rings. The molecule has 0 spiro atoms. The lowest BCUT2D eigenvalue weighted by Crippen LogP contribution is -2.10. The number of methoxy groups -OCH3 is 1. The maximum atomic E-state index is 11.5. The average Bonchev–Trinajstić information content (AvgIpc) is 2.47. The highest BCUT2D eigenvalue weighted by Gasteiger charge is 2.12. The Morgan fingerprint density at radius 1 is 1.30 bits per heavy atom. The minimum Gasteiger partial charge on any atom is -0.465 e. The monoisotopic (exact) mass is 296 g/mol. The zero-order valence-corrected chi connectivity index (χ0v) is 13.1. The molecule has 4 nitrogen and oxygen atoms in total. The Bertz CT molecular complexity index is 424. The SMILES string of the molecule is COC(=O)c1cccc(NCCCCCCSC)c1N. The van der Waals surface area contributed by atoms with Crippen LogP contribution in [0.4, 0.5) is 11.4 Å². The molecule has 112 valence electrons. The number of unbranched alkanes of at least 4 members (excludes halogenated alkanes) is 3. The summed E-state index contributed by atoms with van der Waals surface area (Å²) in [6, 6.07) is 5.37. The number of benzene rings is 1.